The number of carbonyl (C=O) groups excluding carboxylic acids is 2. The zero-order valence-corrected chi connectivity index (χ0v) is 15.2. The first-order valence-electron chi connectivity index (χ1n) is 7.99. The van der Waals surface area contributed by atoms with Crippen molar-refractivity contribution in [1.29, 1.82) is 5.26 Å². The second-order valence-electron chi connectivity index (χ2n) is 5.86. The van der Waals surface area contributed by atoms with Crippen molar-refractivity contribution in [1.82, 2.24) is 5.32 Å². The summed E-state index contributed by atoms with van der Waals surface area (Å²) >= 11 is 6.03. The summed E-state index contributed by atoms with van der Waals surface area (Å²) in [6, 6.07) is 15.4. The number of nitrogens with one attached hydrogen (secondary N) is 2. The SMILES string of the molecule is CC(C)NC(=O)/C(C#N)=C/c1cccc(NC(=O)c2ccccc2Cl)c1. The van der Waals surface area contributed by atoms with Gasteiger partial charge in [0.25, 0.3) is 11.8 Å². The molecule has 132 valence electrons. The van der Waals surface area contributed by atoms with Crippen molar-refractivity contribution in [3.63, 3.8) is 0 Å². The van der Waals surface area contributed by atoms with Gasteiger partial charge in [0.1, 0.15) is 11.6 Å². The first kappa shape index (κ1) is 19.2. The smallest absolute Gasteiger partial charge is 0.262 e. The van der Waals surface area contributed by atoms with E-state index in [1.807, 2.05) is 19.9 Å². The van der Waals surface area contributed by atoms with E-state index in [0.717, 1.165) is 0 Å². The topological polar surface area (TPSA) is 82.0 Å². The minimum Gasteiger partial charge on any atom is -0.349 e. The summed E-state index contributed by atoms with van der Waals surface area (Å²) < 4.78 is 0. The van der Waals surface area contributed by atoms with Gasteiger partial charge in [-0.15, -0.1) is 0 Å². The molecular weight excluding hydrogens is 350 g/mol. The molecule has 0 heterocycles. The number of nitrogens with zero attached hydrogens (tertiary/aromatic N) is 1. The van der Waals surface area contributed by atoms with Crippen molar-refractivity contribution in [2.24, 2.45) is 0 Å². The van der Waals surface area contributed by atoms with Crippen molar-refractivity contribution in [3.8, 4) is 6.07 Å². The molecule has 26 heavy (non-hydrogen) atoms. The third-order valence-electron chi connectivity index (χ3n) is 3.36. The summed E-state index contributed by atoms with van der Waals surface area (Å²) in [6.07, 6.45) is 1.48. The van der Waals surface area contributed by atoms with Gasteiger partial charge in [0.15, 0.2) is 0 Å². The van der Waals surface area contributed by atoms with Gasteiger partial charge in [0.2, 0.25) is 0 Å². The van der Waals surface area contributed by atoms with Crippen LogP contribution in [0.3, 0.4) is 0 Å². The number of carbonyl (C=O) groups is 2. The highest BCUT2D eigenvalue weighted by atomic mass is 35.5. The number of benzene rings is 2. The second kappa shape index (κ2) is 8.84. The minimum atomic E-state index is -0.437. The van der Waals surface area contributed by atoms with E-state index in [9.17, 15) is 14.9 Å². The van der Waals surface area contributed by atoms with Gasteiger partial charge in [0, 0.05) is 11.7 Å². The molecule has 2 N–H and O–H groups in total. The van der Waals surface area contributed by atoms with Gasteiger partial charge in [-0.1, -0.05) is 35.9 Å². The molecule has 0 saturated carbocycles. The lowest BCUT2D eigenvalue weighted by atomic mass is 10.1. The maximum atomic E-state index is 12.3. The van der Waals surface area contributed by atoms with Gasteiger partial charge >= 0.3 is 0 Å². The zero-order chi connectivity index (χ0) is 19.1. The molecule has 0 radical (unpaired) electrons. The molecule has 2 aromatic rings. The van der Waals surface area contributed by atoms with Crippen molar-refractivity contribution < 1.29 is 9.59 Å². The van der Waals surface area contributed by atoms with Crippen LogP contribution >= 0.6 is 11.6 Å². The largest absolute Gasteiger partial charge is 0.349 e. The Kier molecular flexibility index (Phi) is 6.54. The zero-order valence-electron chi connectivity index (χ0n) is 14.4. The van der Waals surface area contributed by atoms with Crippen molar-refractivity contribution in [3.05, 3.63) is 70.3 Å². The normalized spacial score (nSPS) is 11.0. The summed E-state index contributed by atoms with van der Waals surface area (Å²) in [5.41, 5.74) is 1.51. The van der Waals surface area contributed by atoms with Crippen molar-refractivity contribution in [2.45, 2.75) is 19.9 Å². The third-order valence-corrected chi connectivity index (χ3v) is 3.69. The van der Waals surface area contributed by atoms with E-state index in [4.69, 9.17) is 11.6 Å². The highest BCUT2D eigenvalue weighted by Gasteiger charge is 2.12. The molecule has 2 amide bonds. The number of hydrogen-bond acceptors (Lipinski definition) is 3. The summed E-state index contributed by atoms with van der Waals surface area (Å²) in [7, 11) is 0. The summed E-state index contributed by atoms with van der Waals surface area (Å²) in [5, 5.41) is 15.0. The molecule has 0 bridgehead atoms. The lowest BCUT2D eigenvalue weighted by Crippen LogP contribution is -2.30. The third kappa shape index (κ3) is 5.20. The predicted molar refractivity (Wildman–Crippen MR) is 103 cm³/mol. The molecule has 2 rings (SSSR count). The Bertz CT molecular complexity index is 898. The number of hydrogen-bond donors (Lipinski definition) is 2. The van der Waals surface area contributed by atoms with Gasteiger partial charge in [0.05, 0.1) is 10.6 Å². The molecule has 0 fully saturated rings. The number of rotatable bonds is 5. The Labute approximate surface area is 157 Å². The summed E-state index contributed by atoms with van der Waals surface area (Å²) in [4.78, 5) is 24.3. The van der Waals surface area contributed by atoms with Crippen LogP contribution in [0.1, 0.15) is 29.8 Å². The molecule has 0 aliphatic carbocycles. The predicted octanol–water partition coefficient (Wildman–Crippen LogP) is 4.02. The van der Waals surface area contributed by atoms with Crippen LogP contribution in [0.5, 0.6) is 0 Å². The van der Waals surface area contributed by atoms with E-state index in [1.165, 1.54) is 6.08 Å². The van der Waals surface area contributed by atoms with Crippen LogP contribution in [-0.4, -0.2) is 17.9 Å². The molecule has 5 nitrogen and oxygen atoms in total. The van der Waals surface area contributed by atoms with E-state index in [0.29, 0.717) is 21.8 Å². The quantitative estimate of drug-likeness (QED) is 0.618. The van der Waals surface area contributed by atoms with E-state index in [1.54, 1.807) is 48.5 Å². The number of amides is 2. The van der Waals surface area contributed by atoms with Crippen LogP contribution in [0, 0.1) is 11.3 Å². The fraction of sp³-hybridized carbons (Fsp3) is 0.150. The molecule has 0 atom stereocenters. The van der Waals surface area contributed by atoms with Gasteiger partial charge in [-0.05, 0) is 49.8 Å². The second-order valence-corrected chi connectivity index (χ2v) is 6.26. The minimum absolute atomic E-state index is 0.00622. The number of nitriles is 1. The molecule has 0 spiro atoms. The lowest BCUT2D eigenvalue weighted by molar-refractivity contribution is -0.117. The molecule has 0 aliphatic heterocycles. The highest BCUT2D eigenvalue weighted by Crippen LogP contribution is 2.19. The fourth-order valence-electron chi connectivity index (χ4n) is 2.21. The van der Waals surface area contributed by atoms with E-state index in [-0.39, 0.29) is 17.5 Å². The molecule has 0 aromatic heterocycles. The summed E-state index contributed by atoms with van der Waals surface area (Å²) in [5.74, 6) is -0.775. The molecule has 0 aliphatic rings. The molecular formula is C20H18ClN3O2. The first-order chi connectivity index (χ1) is 12.4. The van der Waals surface area contributed by atoms with Gasteiger partial charge in [-0.3, -0.25) is 9.59 Å². The van der Waals surface area contributed by atoms with Gasteiger partial charge < -0.3 is 10.6 Å². The van der Waals surface area contributed by atoms with E-state index < -0.39 is 5.91 Å². The van der Waals surface area contributed by atoms with Crippen LogP contribution in [-0.2, 0) is 4.79 Å². The Morgan fingerprint density at radius 2 is 1.88 bits per heavy atom. The van der Waals surface area contributed by atoms with Crippen molar-refractivity contribution >= 4 is 35.2 Å². The fourth-order valence-corrected chi connectivity index (χ4v) is 2.43. The molecule has 0 unspecified atom stereocenters. The van der Waals surface area contributed by atoms with E-state index >= 15 is 0 Å². The highest BCUT2D eigenvalue weighted by molar-refractivity contribution is 6.34. The summed E-state index contributed by atoms with van der Waals surface area (Å²) in [6.45, 7) is 3.63. The van der Waals surface area contributed by atoms with Crippen LogP contribution in [0.2, 0.25) is 5.02 Å². The average molecular weight is 368 g/mol. The first-order valence-corrected chi connectivity index (χ1v) is 8.37. The Hall–Kier alpha value is -3.10. The van der Waals surface area contributed by atoms with Crippen LogP contribution < -0.4 is 10.6 Å². The van der Waals surface area contributed by atoms with Crippen LogP contribution in [0.25, 0.3) is 6.08 Å². The van der Waals surface area contributed by atoms with E-state index in [2.05, 4.69) is 10.6 Å². The number of halogens is 1. The Morgan fingerprint density at radius 3 is 2.54 bits per heavy atom. The molecule has 2 aromatic carbocycles. The lowest BCUT2D eigenvalue weighted by Gasteiger charge is -2.08. The van der Waals surface area contributed by atoms with Crippen LogP contribution in [0.15, 0.2) is 54.1 Å². The Balaban J connectivity index is 2.21. The van der Waals surface area contributed by atoms with Gasteiger partial charge in [-0.25, -0.2) is 0 Å². The van der Waals surface area contributed by atoms with Crippen molar-refractivity contribution in [2.75, 3.05) is 5.32 Å². The Morgan fingerprint density at radius 1 is 1.15 bits per heavy atom. The van der Waals surface area contributed by atoms with Crippen LogP contribution in [0.4, 0.5) is 5.69 Å². The maximum Gasteiger partial charge on any atom is 0.262 e. The number of anilines is 1. The molecule has 0 saturated heterocycles. The monoisotopic (exact) mass is 367 g/mol. The molecule has 6 heteroatoms. The van der Waals surface area contributed by atoms with Gasteiger partial charge in [-0.2, -0.15) is 5.26 Å². The average Bonchev–Trinajstić information content (AvgIpc) is 2.59. The standard InChI is InChI=1S/C20H18ClN3O2/c1-13(2)23-19(25)15(12-22)10-14-6-5-7-16(11-14)24-20(26)17-8-3-4-9-18(17)21/h3-11,13H,1-2H3,(H,23,25)(H,24,26)/b15-10+. The maximum absolute atomic E-state index is 12.3.